The van der Waals surface area contributed by atoms with Gasteiger partial charge in [0.05, 0.1) is 67.2 Å². The predicted molar refractivity (Wildman–Crippen MR) is 430 cm³/mol. The first kappa shape index (κ1) is 90.0. The molecule has 113 heavy (non-hydrogen) atoms. The monoisotopic (exact) mass is 1610 g/mol. The molecule has 0 radical (unpaired) electrons. The third kappa shape index (κ3) is 23.0. The van der Waals surface area contributed by atoms with Crippen LogP contribution >= 0.6 is 35.3 Å². The topological polar surface area (TPSA) is 351 Å². The Morgan fingerprint density at radius 1 is 0.434 bits per heavy atom. The number of carbonyl (C=O) groups excluding carboxylic acids is 11. The molecule has 3 heterocycles. The van der Waals surface area contributed by atoms with Crippen molar-refractivity contribution in [1.82, 2.24) is 14.7 Å². The number of carbonyl (C=O) groups is 11. The van der Waals surface area contributed by atoms with Crippen LogP contribution in [0.3, 0.4) is 0 Å². The van der Waals surface area contributed by atoms with E-state index >= 15 is 0 Å². The number of thioether (sulfide) groups is 3. The van der Waals surface area contributed by atoms with E-state index in [1.165, 1.54) is 83.8 Å². The van der Waals surface area contributed by atoms with Crippen LogP contribution in [0.15, 0.2) is 176 Å². The number of hydrogen-bond acceptors (Lipinski definition) is 29. The normalized spacial score (nSPS) is 18.0. The van der Waals surface area contributed by atoms with Gasteiger partial charge in [-0.1, -0.05) is 90.1 Å². The number of rotatable bonds is 34. The Morgan fingerprint density at radius 2 is 0.761 bits per heavy atom. The first-order chi connectivity index (χ1) is 53.6. The number of ether oxygens (including phenoxy) is 6. The molecule has 0 saturated heterocycles. The van der Waals surface area contributed by atoms with E-state index in [2.05, 4.69) is 15.5 Å². The Bertz CT molecular complexity index is 4450. The average Bonchev–Trinajstić information content (AvgIpc) is 1.66. The van der Waals surface area contributed by atoms with Crippen LogP contribution in [-0.2, 0) is 67.0 Å². The van der Waals surface area contributed by atoms with Crippen molar-refractivity contribution in [1.29, 1.82) is 0 Å². The van der Waals surface area contributed by atoms with Crippen molar-refractivity contribution in [2.45, 2.75) is 127 Å². The second-order valence-corrected chi connectivity index (χ2v) is 31.6. The summed E-state index contributed by atoms with van der Waals surface area (Å²) in [6, 6.07) is 44.2. The van der Waals surface area contributed by atoms with E-state index in [1.54, 1.807) is 103 Å². The van der Waals surface area contributed by atoms with E-state index in [0.717, 1.165) is 37.1 Å². The van der Waals surface area contributed by atoms with E-state index in [-0.39, 0.29) is 51.6 Å². The number of anilines is 3. The third-order valence-electron chi connectivity index (χ3n) is 18.6. The Labute approximate surface area is 669 Å². The van der Waals surface area contributed by atoms with E-state index in [9.17, 15) is 67.5 Å². The van der Waals surface area contributed by atoms with Crippen LogP contribution in [0.4, 0.5) is 17.1 Å². The lowest BCUT2D eigenvalue weighted by Crippen LogP contribution is -2.49. The summed E-state index contributed by atoms with van der Waals surface area (Å²) in [5, 5.41) is 6.79. The predicted octanol–water partition coefficient (Wildman–Crippen LogP) is 10.7. The van der Waals surface area contributed by atoms with Crippen molar-refractivity contribution in [3.63, 3.8) is 0 Å². The van der Waals surface area contributed by atoms with Crippen LogP contribution < -0.4 is 28.9 Å². The highest BCUT2D eigenvalue weighted by Gasteiger charge is 2.46. The molecule has 3 aliphatic heterocycles. The molecule has 0 fully saturated rings. The lowest BCUT2D eigenvalue weighted by atomic mass is 9.90. The summed E-state index contributed by atoms with van der Waals surface area (Å²) >= 11 is 4.31. The molecule has 6 aromatic rings. The Morgan fingerprint density at radius 3 is 1.09 bits per heavy atom. The Hall–Kier alpha value is -10.2. The third-order valence-corrected chi connectivity index (χ3v) is 22.7. The van der Waals surface area contributed by atoms with Crippen LogP contribution in [0.25, 0.3) is 0 Å². The highest BCUT2D eigenvalue weighted by atomic mass is 32.2. The molecule has 0 saturated carbocycles. The standard InChI is InChI=1S/C28H33N3O7S.C27H31N3O7S.C26H31N3O6S/c1-6-23(33)28(3,29-36)24(34)17-30(4)15-16-31-21-9-7-8-10-22(21)39-26(25(27(31)35)38-18(2)32)19-11-13-20(37-5)14-12-19;1-17(31)37-23-24(18-10-12-19(36-5)13-11-18)38-22-9-7-6-8-20(22)30(26(23)34)15-14-29(4)16-21(32)25(33)27(2,3)28-35;1-26(2,27-33)24(31)20(30)16-35-22-23(17-10-12-18(34-5)13-11-17)36-21-9-7-6-8-19(21)29(25(22)32)15-14-28(3)4/h7-14,25-26H,6,15-17H2,1-5H3;6-13,23-24H,14-16H2,1-5H3;6-13,22-23H,14-16H2,1-5H3/t25?,26-,28?;23?,24-;22?,23-/m000/s1. The molecule has 4 unspecified atom stereocenters. The van der Waals surface area contributed by atoms with E-state index < -0.39 is 116 Å². The van der Waals surface area contributed by atoms with Crippen molar-refractivity contribution >= 4 is 117 Å². The molecule has 3 aliphatic rings. The fourth-order valence-electron chi connectivity index (χ4n) is 12.0. The zero-order valence-electron chi connectivity index (χ0n) is 65.8. The van der Waals surface area contributed by atoms with Crippen molar-refractivity contribution in [2.75, 3.05) is 123 Å². The Balaban J connectivity index is 0.000000235. The molecular weight excluding hydrogens is 1520 g/mol. The highest BCUT2D eigenvalue weighted by molar-refractivity contribution is 8.00. The van der Waals surface area contributed by atoms with E-state index in [4.69, 9.17) is 28.4 Å². The van der Waals surface area contributed by atoms with Gasteiger partial charge in [-0.2, -0.15) is 0 Å². The van der Waals surface area contributed by atoms with E-state index in [1.807, 2.05) is 128 Å². The van der Waals surface area contributed by atoms with E-state index in [0.29, 0.717) is 41.7 Å². The number of hydrogen-bond donors (Lipinski definition) is 0. The molecule has 9 rings (SSSR count). The molecule has 0 bridgehead atoms. The molecule has 32 heteroatoms. The molecule has 29 nitrogen and oxygen atoms in total. The quantitative estimate of drug-likeness (QED) is 0.0157. The number of fused-ring (bicyclic) bond motifs is 3. The number of esters is 2. The first-order valence-electron chi connectivity index (χ1n) is 36.0. The minimum atomic E-state index is -1.95. The largest absolute Gasteiger partial charge is 0.497 e. The number of nitrogens with zero attached hydrogens (tertiary/aromatic N) is 9. The van der Waals surface area contributed by atoms with Gasteiger partial charge in [0.25, 0.3) is 17.7 Å². The summed E-state index contributed by atoms with van der Waals surface area (Å²) in [4.78, 5) is 186. The first-order valence-corrected chi connectivity index (χ1v) is 38.6. The second-order valence-electron chi connectivity index (χ2n) is 28.0. The number of nitroso groups, excluding NO2 is 3. The van der Waals surface area contributed by atoms with Gasteiger partial charge in [0, 0.05) is 74.2 Å². The minimum absolute atomic E-state index is 0.0152. The molecule has 0 N–H and O–H groups in total. The SMILES string of the molecule is CCC(=O)C(C)(N=O)C(=O)CN(C)CCN1C(=O)C(OC(C)=O)[C@H](c2ccc(OC)cc2)Sc2ccccc21.COc1ccc([C@@H]2Sc3ccccc3N(CCN(C)C)C(=O)C2OCC(=O)C(=O)C(C)(C)N=O)cc1.COc1ccc([C@@H]2Sc3ccccc3N(CCN(C)CC(=O)C(=O)C(C)(C)N=O)C(=O)C2OC(C)=O)cc1. The van der Waals surface area contributed by atoms with Gasteiger partial charge in [-0.3, -0.25) is 62.5 Å². The number of likely N-dealkylation sites (N-methyl/N-ethyl adjacent to an activating group) is 3. The fraction of sp³-hybridized carbons (Fsp3) is 0.420. The number of Topliss-reactive ketones (excluding diaryl/α,β-unsaturated/α-hetero) is 6. The van der Waals surface area contributed by atoms with Crippen molar-refractivity contribution in [3.8, 4) is 17.2 Å². The lowest BCUT2D eigenvalue weighted by molar-refractivity contribution is -0.153. The molecule has 0 aliphatic carbocycles. The molecule has 3 amide bonds. The van der Waals surface area contributed by atoms with Gasteiger partial charge in [-0.05, 0) is 157 Å². The second kappa shape index (κ2) is 41.0. The van der Waals surface area contributed by atoms with Gasteiger partial charge < -0.3 is 48.0 Å². The smallest absolute Gasteiger partial charge is 0.303 e. The average molecular weight is 1610 g/mol. The van der Waals surface area contributed by atoms with Crippen molar-refractivity contribution in [2.24, 2.45) is 15.5 Å². The summed E-state index contributed by atoms with van der Waals surface area (Å²) in [5.74, 6) is -4.93. The van der Waals surface area contributed by atoms with Gasteiger partial charge in [0.1, 0.15) is 23.9 Å². The van der Waals surface area contributed by atoms with Crippen LogP contribution in [0.1, 0.15) is 94.3 Å². The number of amides is 3. The van der Waals surface area contributed by atoms with Crippen LogP contribution in [0.5, 0.6) is 17.2 Å². The number of ketones is 6. The molecule has 0 spiro atoms. The molecular formula is C81H95N9O20S3. The van der Waals surface area contributed by atoms with Gasteiger partial charge in [-0.25, -0.2) is 0 Å². The summed E-state index contributed by atoms with van der Waals surface area (Å²) in [7, 11) is 11.8. The van der Waals surface area contributed by atoms with Crippen LogP contribution in [-0.4, -0.2) is 222 Å². The maximum Gasteiger partial charge on any atom is 0.303 e. The van der Waals surface area contributed by atoms with Crippen molar-refractivity contribution in [3.05, 3.63) is 177 Å². The Kier molecular flexibility index (Phi) is 32.6. The van der Waals surface area contributed by atoms with Gasteiger partial charge in [0.15, 0.2) is 41.0 Å². The minimum Gasteiger partial charge on any atom is -0.497 e. The van der Waals surface area contributed by atoms with Crippen LogP contribution in [0, 0.1) is 14.7 Å². The zero-order chi connectivity index (χ0) is 83.2. The summed E-state index contributed by atoms with van der Waals surface area (Å²) in [5.41, 5.74) is -0.838. The molecule has 0 aromatic heterocycles. The number of methoxy groups -OCH3 is 3. The highest BCUT2D eigenvalue weighted by Crippen LogP contribution is 2.50. The molecule has 6 aromatic carbocycles. The maximum atomic E-state index is 13.9. The summed E-state index contributed by atoms with van der Waals surface area (Å²) in [6.07, 6.45) is -3.26. The summed E-state index contributed by atoms with van der Waals surface area (Å²) in [6.45, 7) is 11.2. The van der Waals surface area contributed by atoms with Gasteiger partial charge in [0.2, 0.25) is 28.7 Å². The maximum absolute atomic E-state index is 13.9. The summed E-state index contributed by atoms with van der Waals surface area (Å²) < 4.78 is 32.9. The van der Waals surface area contributed by atoms with Gasteiger partial charge >= 0.3 is 11.9 Å². The fourth-order valence-corrected chi connectivity index (χ4v) is 16.0. The zero-order valence-corrected chi connectivity index (χ0v) is 68.3. The molecule has 7 atom stereocenters. The lowest BCUT2D eigenvalue weighted by Gasteiger charge is -2.29. The van der Waals surface area contributed by atoms with Gasteiger partial charge in [-0.15, -0.1) is 50.0 Å². The molecule has 602 valence electrons. The number of benzene rings is 6. The number of para-hydroxylation sites is 3. The van der Waals surface area contributed by atoms with Crippen molar-refractivity contribution < 1.29 is 81.2 Å². The van der Waals surface area contributed by atoms with Crippen LogP contribution in [0.2, 0.25) is 0 Å².